The van der Waals surface area contributed by atoms with Gasteiger partial charge >= 0.3 is 0 Å². The van der Waals surface area contributed by atoms with Gasteiger partial charge in [-0.1, -0.05) is 36.2 Å². The van der Waals surface area contributed by atoms with Gasteiger partial charge in [-0.25, -0.2) is 8.42 Å². The van der Waals surface area contributed by atoms with E-state index in [0.29, 0.717) is 12.3 Å². The minimum atomic E-state index is -3.81. The van der Waals surface area contributed by atoms with Crippen molar-refractivity contribution in [1.82, 2.24) is 14.1 Å². The second-order valence-electron chi connectivity index (χ2n) is 9.02. The van der Waals surface area contributed by atoms with Crippen molar-refractivity contribution in [3.05, 3.63) is 59.7 Å². The molecule has 4 rings (SSSR count). The van der Waals surface area contributed by atoms with Crippen LogP contribution in [-0.4, -0.2) is 67.8 Å². The predicted octanol–water partition coefficient (Wildman–Crippen LogP) is 3.41. The van der Waals surface area contributed by atoms with Gasteiger partial charge in [0, 0.05) is 12.6 Å². The SMILES string of the molecule is COc1ccc([C@@H]2N(C(=O)CN3CCCCC3)[C@H](C)CN2S(=O)(=O)c2ccc(C)cc2)cc1. The van der Waals surface area contributed by atoms with Crippen molar-refractivity contribution in [3.8, 4) is 5.75 Å². The Labute approximate surface area is 197 Å². The fraction of sp³-hybridized carbons (Fsp3) is 0.480. The average Bonchev–Trinajstić information content (AvgIpc) is 3.18. The number of ether oxygens (including phenoxy) is 1. The maximum atomic E-state index is 13.7. The number of piperidine rings is 1. The largest absolute Gasteiger partial charge is 0.497 e. The molecule has 0 saturated carbocycles. The summed E-state index contributed by atoms with van der Waals surface area (Å²) in [6.07, 6.45) is 2.69. The first-order chi connectivity index (χ1) is 15.8. The number of likely N-dealkylation sites (tertiary alicyclic amines) is 1. The molecule has 2 atom stereocenters. The highest BCUT2D eigenvalue weighted by molar-refractivity contribution is 7.89. The Morgan fingerprint density at radius 3 is 2.24 bits per heavy atom. The van der Waals surface area contributed by atoms with Crippen molar-refractivity contribution in [1.29, 1.82) is 0 Å². The number of carbonyl (C=O) groups is 1. The van der Waals surface area contributed by atoms with E-state index in [1.54, 1.807) is 36.3 Å². The van der Waals surface area contributed by atoms with E-state index in [2.05, 4.69) is 4.90 Å². The molecule has 8 heteroatoms. The van der Waals surface area contributed by atoms with E-state index in [9.17, 15) is 13.2 Å². The molecule has 1 amide bonds. The average molecular weight is 472 g/mol. The van der Waals surface area contributed by atoms with Gasteiger partial charge in [-0.2, -0.15) is 4.31 Å². The lowest BCUT2D eigenvalue weighted by molar-refractivity contribution is -0.136. The van der Waals surface area contributed by atoms with Gasteiger partial charge < -0.3 is 9.64 Å². The zero-order valence-corrected chi connectivity index (χ0v) is 20.4. The van der Waals surface area contributed by atoms with Crippen LogP contribution in [0.15, 0.2) is 53.4 Å². The molecule has 0 aromatic heterocycles. The summed E-state index contributed by atoms with van der Waals surface area (Å²) in [6, 6.07) is 13.9. The van der Waals surface area contributed by atoms with E-state index < -0.39 is 16.2 Å². The van der Waals surface area contributed by atoms with Crippen LogP contribution < -0.4 is 4.74 Å². The van der Waals surface area contributed by atoms with Crippen molar-refractivity contribution in [2.45, 2.75) is 50.2 Å². The van der Waals surface area contributed by atoms with E-state index in [1.165, 1.54) is 10.7 Å². The fourth-order valence-corrected chi connectivity index (χ4v) is 6.43. The number of hydrogen-bond acceptors (Lipinski definition) is 5. The number of rotatable bonds is 6. The lowest BCUT2D eigenvalue weighted by Crippen LogP contribution is -2.45. The second kappa shape index (κ2) is 9.83. The third kappa shape index (κ3) is 4.93. The number of nitrogens with zero attached hydrogens (tertiary/aromatic N) is 3. The highest BCUT2D eigenvalue weighted by Gasteiger charge is 2.47. The molecule has 2 aromatic rings. The fourth-order valence-electron chi connectivity index (χ4n) is 4.78. The number of amides is 1. The van der Waals surface area contributed by atoms with Crippen molar-refractivity contribution in [2.75, 3.05) is 33.3 Å². The zero-order chi connectivity index (χ0) is 23.6. The van der Waals surface area contributed by atoms with E-state index in [-0.39, 0.29) is 23.4 Å². The van der Waals surface area contributed by atoms with E-state index in [1.807, 2.05) is 38.1 Å². The normalized spacial score (nSPS) is 22.5. The Morgan fingerprint density at radius 1 is 1.00 bits per heavy atom. The quantitative estimate of drug-likeness (QED) is 0.646. The van der Waals surface area contributed by atoms with Crippen LogP contribution in [0.3, 0.4) is 0 Å². The summed E-state index contributed by atoms with van der Waals surface area (Å²) >= 11 is 0. The molecule has 0 radical (unpaired) electrons. The molecule has 0 bridgehead atoms. The molecule has 0 N–H and O–H groups in total. The third-order valence-electron chi connectivity index (χ3n) is 6.59. The first-order valence-corrected chi connectivity index (χ1v) is 13.0. The molecule has 0 spiro atoms. The summed E-state index contributed by atoms with van der Waals surface area (Å²) in [5.74, 6) is 0.649. The summed E-state index contributed by atoms with van der Waals surface area (Å²) in [6.45, 7) is 6.23. The van der Waals surface area contributed by atoms with Crippen molar-refractivity contribution in [2.24, 2.45) is 0 Å². The first kappa shape index (κ1) is 23.7. The van der Waals surface area contributed by atoms with Crippen molar-refractivity contribution >= 4 is 15.9 Å². The Bertz CT molecular complexity index is 1060. The summed E-state index contributed by atoms with van der Waals surface area (Å²) < 4.78 is 34.2. The van der Waals surface area contributed by atoms with Crippen LogP contribution in [0.25, 0.3) is 0 Å². The molecular weight excluding hydrogens is 438 g/mol. The summed E-state index contributed by atoms with van der Waals surface area (Å²) in [5, 5.41) is 0. The maximum Gasteiger partial charge on any atom is 0.245 e. The van der Waals surface area contributed by atoms with Gasteiger partial charge in [0.25, 0.3) is 0 Å². The Hall–Kier alpha value is -2.42. The van der Waals surface area contributed by atoms with E-state index >= 15 is 0 Å². The molecule has 0 unspecified atom stereocenters. The Balaban J connectivity index is 1.70. The topological polar surface area (TPSA) is 70.2 Å². The number of benzene rings is 2. The molecule has 7 nitrogen and oxygen atoms in total. The van der Waals surface area contributed by atoms with E-state index in [4.69, 9.17) is 4.74 Å². The van der Waals surface area contributed by atoms with Crippen molar-refractivity contribution in [3.63, 3.8) is 0 Å². The molecule has 178 valence electrons. The highest BCUT2D eigenvalue weighted by atomic mass is 32.2. The number of methoxy groups -OCH3 is 1. The minimum absolute atomic E-state index is 0.0353. The van der Waals surface area contributed by atoms with Gasteiger partial charge in [0.1, 0.15) is 11.9 Å². The van der Waals surface area contributed by atoms with Crippen LogP contribution in [0.1, 0.15) is 43.5 Å². The lowest BCUT2D eigenvalue weighted by atomic mass is 10.1. The van der Waals surface area contributed by atoms with Gasteiger partial charge in [-0.05, 0) is 69.6 Å². The highest BCUT2D eigenvalue weighted by Crippen LogP contribution is 2.38. The van der Waals surface area contributed by atoms with Crippen LogP contribution >= 0.6 is 0 Å². The van der Waals surface area contributed by atoms with Gasteiger partial charge in [-0.15, -0.1) is 0 Å². The monoisotopic (exact) mass is 471 g/mol. The van der Waals surface area contributed by atoms with Crippen LogP contribution in [0, 0.1) is 6.92 Å². The van der Waals surface area contributed by atoms with Gasteiger partial charge in [-0.3, -0.25) is 9.69 Å². The number of hydrogen-bond donors (Lipinski definition) is 0. The first-order valence-electron chi connectivity index (χ1n) is 11.6. The molecule has 0 aliphatic carbocycles. The smallest absolute Gasteiger partial charge is 0.245 e. The van der Waals surface area contributed by atoms with Crippen LogP contribution in [0.2, 0.25) is 0 Å². The molecule has 33 heavy (non-hydrogen) atoms. The van der Waals surface area contributed by atoms with E-state index in [0.717, 1.165) is 37.1 Å². The van der Waals surface area contributed by atoms with Crippen LogP contribution in [0.5, 0.6) is 5.75 Å². The molecule has 2 aliphatic rings. The minimum Gasteiger partial charge on any atom is -0.497 e. The van der Waals surface area contributed by atoms with Crippen molar-refractivity contribution < 1.29 is 17.9 Å². The Morgan fingerprint density at radius 2 is 1.64 bits per heavy atom. The van der Waals surface area contributed by atoms with Crippen LogP contribution in [-0.2, 0) is 14.8 Å². The summed E-state index contributed by atoms with van der Waals surface area (Å²) in [7, 11) is -2.21. The van der Waals surface area contributed by atoms with Crippen LogP contribution in [0.4, 0.5) is 0 Å². The van der Waals surface area contributed by atoms with Gasteiger partial charge in [0.2, 0.25) is 15.9 Å². The number of aryl methyl sites for hydroxylation is 1. The second-order valence-corrected chi connectivity index (χ2v) is 10.9. The molecule has 2 aromatic carbocycles. The maximum absolute atomic E-state index is 13.7. The number of sulfonamides is 1. The predicted molar refractivity (Wildman–Crippen MR) is 127 cm³/mol. The Kier molecular flexibility index (Phi) is 7.07. The lowest BCUT2D eigenvalue weighted by Gasteiger charge is -2.34. The van der Waals surface area contributed by atoms with Gasteiger partial charge in [0.15, 0.2) is 0 Å². The summed E-state index contributed by atoms with van der Waals surface area (Å²) in [5.41, 5.74) is 1.75. The molecule has 2 saturated heterocycles. The molecular formula is C25H33N3O4S. The molecule has 2 aliphatic heterocycles. The zero-order valence-electron chi connectivity index (χ0n) is 19.6. The molecule has 2 fully saturated rings. The third-order valence-corrected chi connectivity index (χ3v) is 8.43. The van der Waals surface area contributed by atoms with Gasteiger partial charge in [0.05, 0.1) is 18.6 Å². The summed E-state index contributed by atoms with van der Waals surface area (Å²) in [4.78, 5) is 17.7. The molecule has 2 heterocycles. The number of carbonyl (C=O) groups excluding carboxylic acids is 1. The standard InChI is InChI=1S/C25H33N3O4S/c1-19-7-13-23(14-8-19)33(30,31)27-17-20(2)28(24(29)18-26-15-5-4-6-16-26)25(27)21-9-11-22(32-3)12-10-21/h7-14,20,25H,4-6,15-18H2,1-3H3/t20-,25+/m1/s1.